The maximum absolute atomic E-state index is 9.58. The molecule has 1 fully saturated rings. The van der Waals surface area contributed by atoms with Crippen molar-refractivity contribution in [3.05, 3.63) is 29.8 Å². The topological polar surface area (TPSA) is 39.1 Å². The van der Waals surface area contributed by atoms with Gasteiger partial charge in [0.05, 0.1) is 6.07 Å². The van der Waals surface area contributed by atoms with Crippen molar-refractivity contribution in [2.24, 2.45) is 0 Å². The lowest BCUT2D eigenvalue weighted by molar-refractivity contribution is 0.132. The molecule has 2 rings (SSSR count). The van der Waals surface area contributed by atoms with Crippen LogP contribution in [0.4, 0.5) is 0 Å². The summed E-state index contributed by atoms with van der Waals surface area (Å²) < 4.78 is 0. The average Bonchev–Trinajstić information content (AvgIpc) is 2.49. The van der Waals surface area contributed by atoms with E-state index in [0.717, 1.165) is 32.6 Å². The molecule has 1 heterocycles. The maximum Gasteiger partial charge on any atom is 0.110 e. The van der Waals surface area contributed by atoms with Gasteiger partial charge >= 0.3 is 0 Å². The fourth-order valence-electron chi connectivity index (χ4n) is 2.52. The van der Waals surface area contributed by atoms with E-state index in [2.05, 4.69) is 53.7 Å². The first-order valence-electron chi connectivity index (χ1n) is 6.68. The maximum atomic E-state index is 9.58. The number of benzene rings is 1. The third-order valence-corrected chi connectivity index (χ3v) is 4.51. The highest BCUT2D eigenvalue weighted by Crippen LogP contribution is 2.22. The number of nitrogens with zero attached hydrogens (tertiary/aromatic N) is 2. The normalized spacial score (nSPS) is 19.6. The molecule has 1 unspecified atom stereocenters. The number of nitrogens with one attached hydrogen (secondary N) is 1. The van der Waals surface area contributed by atoms with Gasteiger partial charge in [0.25, 0.3) is 0 Å². The Morgan fingerprint density at radius 3 is 2.47 bits per heavy atom. The summed E-state index contributed by atoms with van der Waals surface area (Å²) in [6, 6.07) is 11.1. The standard InChI is InChI=1S/C15H21N3S/c1-15(12-16,18-9-7-17-8-10-18)11-13-3-5-14(19-2)6-4-13/h3-6,17H,7-11H2,1-2H3. The lowest BCUT2D eigenvalue weighted by atomic mass is 9.92. The van der Waals surface area contributed by atoms with Gasteiger partial charge in [-0.1, -0.05) is 12.1 Å². The molecular formula is C15H21N3S. The van der Waals surface area contributed by atoms with Gasteiger partial charge in [-0.2, -0.15) is 5.26 Å². The molecule has 0 aliphatic carbocycles. The Morgan fingerprint density at radius 2 is 1.95 bits per heavy atom. The van der Waals surface area contributed by atoms with Crippen LogP contribution in [0, 0.1) is 11.3 Å². The molecule has 0 amide bonds. The van der Waals surface area contributed by atoms with Gasteiger partial charge in [0.1, 0.15) is 5.54 Å². The fourth-order valence-corrected chi connectivity index (χ4v) is 2.93. The Labute approximate surface area is 120 Å². The van der Waals surface area contributed by atoms with Crippen LogP contribution in [0.3, 0.4) is 0 Å². The molecule has 0 spiro atoms. The van der Waals surface area contributed by atoms with Crippen LogP contribution in [0.25, 0.3) is 0 Å². The number of thioether (sulfide) groups is 1. The van der Waals surface area contributed by atoms with Crippen LogP contribution in [0.15, 0.2) is 29.2 Å². The Hall–Kier alpha value is -1.02. The number of hydrogen-bond donors (Lipinski definition) is 1. The van der Waals surface area contributed by atoms with Crippen LogP contribution in [0.5, 0.6) is 0 Å². The van der Waals surface area contributed by atoms with Gasteiger partial charge in [-0.05, 0) is 30.9 Å². The van der Waals surface area contributed by atoms with Gasteiger partial charge in [0, 0.05) is 37.5 Å². The first-order chi connectivity index (χ1) is 9.18. The van der Waals surface area contributed by atoms with Crippen LogP contribution < -0.4 is 5.32 Å². The number of nitriles is 1. The van der Waals surface area contributed by atoms with E-state index in [9.17, 15) is 5.26 Å². The molecule has 1 saturated heterocycles. The molecule has 1 N–H and O–H groups in total. The minimum absolute atomic E-state index is 0.400. The molecule has 0 aromatic heterocycles. The Kier molecular flexibility index (Phi) is 4.87. The van der Waals surface area contributed by atoms with Gasteiger partial charge in [-0.3, -0.25) is 4.90 Å². The number of rotatable bonds is 4. The summed E-state index contributed by atoms with van der Waals surface area (Å²) in [7, 11) is 0. The van der Waals surface area contributed by atoms with Crippen molar-refractivity contribution >= 4 is 11.8 Å². The van der Waals surface area contributed by atoms with Crippen molar-refractivity contribution in [1.29, 1.82) is 5.26 Å². The lowest BCUT2D eigenvalue weighted by Gasteiger charge is -2.39. The molecule has 1 aromatic carbocycles. The van der Waals surface area contributed by atoms with Crippen LogP contribution in [0.2, 0.25) is 0 Å². The fraction of sp³-hybridized carbons (Fsp3) is 0.533. The van der Waals surface area contributed by atoms with Crippen LogP contribution >= 0.6 is 11.8 Å². The summed E-state index contributed by atoms with van der Waals surface area (Å²) in [5.41, 5.74) is 0.837. The quantitative estimate of drug-likeness (QED) is 0.855. The minimum Gasteiger partial charge on any atom is -0.314 e. The summed E-state index contributed by atoms with van der Waals surface area (Å²) >= 11 is 1.75. The van der Waals surface area contributed by atoms with Gasteiger partial charge in [-0.25, -0.2) is 0 Å². The average molecular weight is 275 g/mol. The predicted molar refractivity (Wildman–Crippen MR) is 80.4 cm³/mol. The molecule has 19 heavy (non-hydrogen) atoms. The molecule has 1 aliphatic heterocycles. The largest absolute Gasteiger partial charge is 0.314 e. The molecular weight excluding hydrogens is 254 g/mol. The van der Waals surface area contributed by atoms with Crippen LogP contribution in [-0.2, 0) is 6.42 Å². The molecule has 0 radical (unpaired) electrons. The lowest BCUT2D eigenvalue weighted by Crippen LogP contribution is -2.55. The number of piperazine rings is 1. The van der Waals surface area contributed by atoms with Crippen molar-refractivity contribution < 1.29 is 0 Å². The molecule has 1 atom stereocenters. The molecule has 102 valence electrons. The SMILES string of the molecule is CSc1ccc(CC(C)(C#N)N2CCNCC2)cc1. The molecule has 0 bridgehead atoms. The van der Waals surface area contributed by atoms with Gasteiger partial charge in [0.15, 0.2) is 0 Å². The summed E-state index contributed by atoms with van der Waals surface area (Å²) in [5.74, 6) is 0. The van der Waals surface area contributed by atoms with E-state index in [0.29, 0.717) is 0 Å². The molecule has 4 heteroatoms. The van der Waals surface area contributed by atoms with E-state index in [1.807, 2.05) is 0 Å². The van der Waals surface area contributed by atoms with E-state index in [4.69, 9.17) is 0 Å². The predicted octanol–water partition coefficient (Wildman–Crippen LogP) is 2.14. The Morgan fingerprint density at radius 1 is 1.32 bits per heavy atom. The first-order valence-corrected chi connectivity index (χ1v) is 7.90. The van der Waals surface area contributed by atoms with Crippen LogP contribution in [-0.4, -0.2) is 42.9 Å². The third kappa shape index (κ3) is 3.50. The van der Waals surface area contributed by atoms with Crippen molar-refractivity contribution in [3.63, 3.8) is 0 Å². The van der Waals surface area contributed by atoms with E-state index in [1.54, 1.807) is 11.8 Å². The minimum atomic E-state index is -0.400. The monoisotopic (exact) mass is 275 g/mol. The van der Waals surface area contributed by atoms with Crippen molar-refractivity contribution in [3.8, 4) is 6.07 Å². The summed E-state index contributed by atoms with van der Waals surface area (Å²) in [6.07, 6.45) is 2.87. The second-order valence-electron chi connectivity index (χ2n) is 5.15. The molecule has 0 saturated carbocycles. The van der Waals surface area contributed by atoms with E-state index >= 15 is 0 Å². The smallest absolute Gasteiger partial charge is 0.110 e. The zero-order valence-electron chi connectivity index (χ0n) is 11.6. The molecule has 1 aliphatic rings. The zero-order valence-corrected chi connectivity index (χ0v) is 12.5. The van der Waals surface area contributed by atoms with Gasteiger partial charge in [0.2, 0.25) is 0 Å². The Bertz CT molecular complexity index is 445. The summed E-state index contributed by atoms with van der Waals surface area (Å²) in [4.78, 5) is 3.57. The summed E-state index contributed by atoms with van der Waals surface area (Å²) in [6.45, 7) is 5.91. The van der Waals surface area contributed by atoms with Crippen molar-refractivity contribution in [2.45, 2.75) is 23.8 Å². The van der Waals surface area contributed by atoms with Crippen LogP contribution in [0.1, 0.15) is 12.5 Å². The second-order valence-corrected chi connectivity index (χ2v) is 6.03. The van der Waals surface area contributed by atoms with E-state index < -0.39 is 5.54 Å². The third-order valence-electron chi connectivity index (χ3n) is 3.76. The first kappa shape index (κ1) is 14.4. The highest BCUT2D eigenvalue weighted by atomic mass is 32.2. The van der Waals surface area contributed by atoms with E-state index in [-0.39, 0.29) is 0 Å². The zero-order chi connectivity index (χ0) is 13.7. The molecule has 1 aromatic rings. The second kappa shape index (κ2) is 6.42. The Balaban J connectivity index is 2.10. The highest BCUT2D eigenvalue weighted by Gasteiger charge is 2.32. The highest BCUT2D eigenvalue weighted by molar-refractivity contribution is 7.98. The van der Waals surface area contributed by atoms with Crippen molar-refractivity contribution in [1.82, 2.24) is 10.2 Å². The van der Waals surface area contributed by atoms with Crippen molar-refractivity contribution in [2.75, 3.05) is 32.4 Å². The molecule has 3 nitrogen and oxygen atoms in total. The van der Waals surface area contributed by atoms with Gasteiger partial charge < -0.3 is 5.32 Å². The van der Waals surface area contributed by atoms with Gasteiger partial charge in [-0.15, -0.1) is 11.8 Å². The van der Waals surface area contributed by atoms with E-state index in [1.165, 1.54) is 10.5 Å². The summed E-state index contributed by atoms with van der Waals surface area (Å²) in [5, 5.41) is 12.9. The number of hydrogen-bond acceptors (Lipinski definition) is 4.